The Labute approximate surface area is 187 Å². The van der Waals surface area contributed by atoms with Gasteiger partial charge in [0, 0.05) is 19.1 Å². The number of hydrogen-bond acceptors (Lipinski definition) is 5. The minimum absolute atomic E-state index is 0.00540. The molecule has 166 valence electrons. The minimum Gasteiger partial charge on any atom is -0.449 e. The molecule has 3 aromatic rings. The predicted octanol–water partition coefficient (Wildman–Crippen LogP) is 3.15. The van der Waals surface area contributed by atoms with Crippen LogP contribution >= 0.6 is 0 Å². The first-order valence-electron chi connectivity index (χ1n) is 10.7. The van der Waals surface area contributed by atoms with Gasteiger partial charge in [-0.3, -0.25) is 0 Å². The zero-order valence-corrected chi connectivity index (χ0v) is 17.6. The molecule has 1 aliphatic carbocycles. The molecule has 0 saturated carbocycles. The topological polar surface area (TPSA) is 99.0 Å². The van der Waals surface area contributed by atoms with E-state index in [2.05, 4.69) is 17.4 Å². The fraction of sp³-hybridized carbons (Fsp3) is 0.269. The Balaban J connectivity index is 1.32. The van der Waals surface area contributed by atoms with Gasteiger partial charge in [-0.05, 0) is 39.8 Å². The van der Waals surface area contributed by atoms with E-state index in [0.717, 1.165) is 27.8 Å². The molecular weight excluding hydrogens is 406 g/mol. The van der Waals surface area contributed by atoms with Gasteiger partial charge < -0.3 is 25.4 Å². The standard InChI is InChI=1S/C26H27NO5/c28-13-12-17-6-5-7-18(14-17)25(30)24(29)15-27-26(31)32-16-23-21-10-3-1-8-19(21)20-9-2-4-11-22(20)23/h1-11,14,23-25,28-30H,12-13,15-16H2,(H,27,31). The molecular formula is C26H27NO5. The highest BCUT2D eigenvalue weighted by atomic mass is 16.5. The summed E-state index contributed by atoms with van der Waals surface area (Å²) < 4.78 is 5.46. The van der Waals surface area contributed by atoms with Crippen LogP contribution in [0.4, 0.5) is 4.79 Å². The van der Waals surface area contributed by atoms with Crippen LogP contribution in [0.2, 0.25) is 0 Å². The van der Waals surface area contributed by atoms with Gasteiger partial charge in [0.1, 0.15) is 18.8 Å². The maximum atomic E-state index is 12.3. The number of carbonyl (C=O) groups excluding carboxylic acids is 1. The molecule has 4 rings (SSSR count). The summed E-state index contributed by atoms with van der Waals surface area (Å²) in [7, 11) is 0. The van der Waals surface area contributed by atoms with Gasteiger partial charge in [0.05, 0.1) is 0 Å². The highest BCUT2D eigenvalue weighted by Crippen LogP contribution is 2.44. The van der Waals surface area contributed by atoms with E-state index in [4.69, 9.17) is 9.84 Å². The van der Waals surface area contributed by atoms with Crippen molar-refractivity contribution in [3.63, 3.8) is 0 Å². The number of benzene rings is 3. The van der Waals surface area contributed by atoms with E-state index in [9.17, 15) is 15.0 Å². The van der Waals surface area contributed by atoms with Crippen molar-refractivity contribution in [3.8, 4) is 11.1 Å². The summed E-state index contributed by atoms with van der Waals surface area (Å²) in [4.78, 5) is 12.3. The van der Waals surface area contributed by atoms with E-state index in [0.29, 0.717) is 12.0 Å². The molecule has 0 fully saturated rings. The lowest BCUT2D eigenvalue weighted by Gasteiger charge is -2.20. The van der Waals surface area contributed by atoms with Crippen LogP contribution in [0.5, 0.6) is 0 Å². The van der Waals surface area contributed by atoms with Crippen molar-refractivity contribution >= 4 is 6.09 Å². The van der Waals surface area contributed by atoms with Crippen LogP contribution in [-0.2, 0) is 11.2 Å². The molecule has 0 bridgehead atoms. The van der Waals surface area contributed by atoms with Gasteiger partial charge in [-0.1, -0.05) is 72.8 Å². The van der Waals surface area contributed by atoms with Crippen LogP contribution in [0, 0.1) is 0 Å². The van der Waals surface area contributed by atoms with Crippen LogP contribution in [-0.4, -0.2) is 47.3 Å². The van der Waals surface area contributed by atoms with Gasteiger partial charge in [-0.15, -0.1) is 0 Å². The molecule has 3 aromatic carbocycles. The van der Waals surface area contributed by atoms with Gasteiger partial charge in [0.15, 0.2) is 0 Å². The average molecular weight is 434 g/mol. The molecule has 4 N–H and O–H groups in total. The quantitative estimate of drug-likeness (QED) is 0.437. The van der Waals surface area contributed by atoms with Crippen molar-refractivity contribution in [2.24, 2.45) is 0 Å². The summed E-state index contributed by atoms with van der Waals surface area (Å²) in [6.45, 7) is 0.0369. The number of fused-ring (bicyclic) bond motifs is 3. The van der Waals surface area contributed by atoms with Crippen LogP contribution in [0.15, 0.2) is 72.8 Å². The summed E-state index contributed by atoms with van der Waals surface area (Å²) >= 11 is 0. The van der Waals surface area contributed by atoms with E-state index < -0.39 is 18.3 Å². The monoisotopic (exact) mass is 433 g/mol. The highest BCUT2D eigenvalue weighted by Gasteiger charge is 2.29. The summed E-state index contributed by atoms with van der Waals surface area (Å²) in [6.07, 6.45) is -2.54. The molecule has 2 unspecified atom stereocenters. The number of amides is 1. The lowest BCUT2D eigenvalue weighted by atomic mass is 9.98. The molecule has 6 nitrogen and oxygen atoms in total. The van der Waals surface area contributed by atoms with Crippen LogP contribution in [0.1, 0.15) is 34.3 Å². The third-order valence-electron chi connectivity index (χ3n) is 5.86. The van der Waals surface area contributed by atoms with Crippen LogP contribution in [0.3, 0.4) is 0 Å². The van der Waals surface area contributed by atoms with E-state index in [-0.39, 0.29) is 25.7 Å². The van der Waals surface area contributed by atoms with E-state index in [1.807, 2.05) is 42.5 Å². The first-order valence-corrected chi connectivity index (χ1v) is 10.7. The zero-order chi connectivity index (χ0) is 22.5. The third kappa shape index (κ3) is 4.67. The molecule has 6 heteroatoms. The lowest BCUT2D eigenvalue weighted by Crippen LogP contribution is -2.36. The van der Waals surface area contributed by atoms with Crippen LogP contribution in [0.25, 0.3) is 11.1 Å². The molecule has 0 heterocycles. The number of alkyl carbamates (subject to hydrolysis) is 1. The number of ether oxygens (including phenoxy) is 1. The SMILES string of the molecule is O=C(NCC(O)C(O)c1cccc(CCO)c1)OCC1c2ccccc2-c2ccccc21. The summed E-state index contributed by atoms with van der Waals surface area (Å²) in [5.74, 6) is -0.0436. The third-order valence-corrected chi connectivity index (χ3v) is 5.86. The van der Waals surface area contributed by atoms with Crippen molar-refractivity contribution in [1.82, 2.24) is 5.32 Å². The Kier molecular flexibility index (Phi) is 6.85. The molecule has 0 radical (unpaired) electrons. The largest absolute Gasteiger partial charge is 0.449 e. The Hall–Kier alpha value is -3.19. The summed E-state index contributed by atoms with van der Waals surface area (Å²) in [5, 5.41) is 32.3. The number of carbonyl (C=O) groups is 1. The Morgan fingerprint density at radius 2 is 1.59 bits per heavy atom. The zero-order valence-electron chi connectivity index (χ0n) is 17.6. The van der Waals surface area contributed by atoms with Gasteiger partial charge in [0.25, 0.3) is 0 Å². The molecule has 0 aliphatic heterocycles. The fourth-order valence-corrected chi connectivity index (χ4v) is 4.23. The van der Waals surface area contributed by atoms with E-state index in [1.165, 1.54) is 0 Å². The van der Waals surface area contributed by atoms with Gasteiger partial charge in [-0.2, -0.15) is 0 Å². The minimum atomic E-state index is -1.19. The number of aliphatic hydroxyl groups is 3. The molecule has 1 amide bonds. The predicted molar refractivity (Wildman–Crippen MR) is 121 cm³/mol. The Morgan fingerprint density at radius 3 is 2.25 bits per heavy atom. The second-order valence-corrected chi connectivity index (χ2v) is 7.94. The first-order chi connectivity index (χ1) is 15.6. The first kappa shape index (κ1) is 22.0. The normalized spacial score (nSPS) is 14.3. The van der Waals surface area contributed by atoms with Crippen molar-refractivity contribution in [1.29, 1.82) is 0 Å². The number of aliphatic hydroxyl groups excluding tert-OH is 3. The second kappa shape index (κ2) is 9.96. The average Bonchev–Trinajstić information content (AvgIpc) is 3.15. The number of rotatable bonds is 8. The summed E-state index contributed by atoms with van der Waals surface area (Å²) in [5.41, 5.74) is 5.94. The fourth-order valence-electron chi connectivity index (χ4n) is 4.23. The Bertz CT molecular complexity index is 1040. The number of nitrogens with one attached hydrogen (secondary N) is 1. The molecule has 2 atom stereocenters. The second-order valence-electron chi connectivity index (χ2n) is 7.94. The maximum absolute atomic E-state index is 12.3. The molecule has 0 aromatic heterocycles. The molecule has 32 heavy (non-hydrogen) atoms. The Morgan fingerprint density at radius 1 is 0.938 bits per heavy atom. The van der Waals surface area contributed by atoms with Crippen LogP contribution < -0.4 is 5.32 Å². The maximum Gasteiger partial charge on any atom is 0.407 e. The van der Waals surface area contributed by atoms with Gasteiger partial charge in [-0.25, -0.2) is 4.79 Å². The summed E-state index contributed by atoms with van der Waals surface area (Å²) in [6, 6.07) is 23.2. The van der Waals surface area contributed by atoms with Gasteiger partial charge >= 0.3 is 6.09 Å². The number of hydrogen-bond donors (Lipinski definition) is 4. The van der Waals surface area contributed by atoms with Crippen molar-refractivity contribution in [2.45, 2.75) is 24.5 Å². The molecule has 1 aliphatic rings. The highest BCUT2D eigenvalue weighted by molar-refractivity contribution is 5.79. The molecule has 0 saturated heterocycles. The van der Waals surface area contributed by atoms with E-state index in [1.54, 1.807) is 18.2 Å². The van der Waals surface area contributed by atoms with Crippen molar-refractivity contribution < 1.29 is 24.9 Å². The van der Waals surface area contributed by atoms with Gasteiger partial charge in [0.2, 0.25) is 0 Å². The van der Waals surface area contributed by atoms with E-state index >= 15 is 0 Å². The lowest BCUT2D eigenvalue weighted by molar-refractivity contribution is 0.0185. The molecule has 0 spiro atoms. The smallest absolute Gasteiger partial charge is 0.407 e. The van der Waals surface area contributed by atoms with Crippen molar-refractivity contribution in [3.05, 3.63) is 95.1 Å². The van der Waals surface area contributed by atoms with Crippen molar-refractivity contribution in [2.75, 3.05) is 19.8 Å².